The van der Waals surface area contributed by atoms with Crippen molar-refractivity contribution in [1.82, 2.24) is 9.78 Å². The number of anilines is 1. The van der Waals surface area contributed by atoms with Crippen LogP contribution in [0.2, 0.25) is 0 Å². The van der Waals surface area contributed by atoms with Gasteiger partial charge in [0, 0.05) is 30.5 Å². The van der Waals surface area contributed by atoms with Crippen LogP contribution in [0.15, 0.2) is 48.7 Å². The second-order valence-corrected chi connectivity index (χ2v) is 6.67. The molecule has 28 heavy (non-hydrogen) atoms. The van der Waals surface area contributed by atoms with E-state index in [9.17, 15) is 9.18 Å². The molecular formula is C21H20FN3O3. The number of hydrogen-bond donors (Lipinski definition) is 1. The predicted molar refractivity (Wildman–Crippen MR) is 102 cm³/mol. The lowest BCUT2D eigenvalue weighted by molar-refractivity contribution is -0.116. The number of aromatic nitrogens is 2. The average molecular weight is 381 g/mol. The van der Waals surface area contributed by atoms with Crippen LogP contribution in [0.3, 0.4) is 0 Å². The number of carbonyl (C=O) groups is 1. The van der Waals surface area contributed by atoms with Crippen LogP contribution in [0.5, 0.6) is 11.5 Å². The average Bonchev–Trinajstić information content (AvgIpc) is 3.06. The fourth-order valence-corrected chi connectivity index (χ4v) is 3.52. The number of rotatable bonds is 5. The van der Waals surface area contributed by atoms with Gasteiger partial charge in [-0.25, -0.2) is 4.39 Å². The summed E-state index contributed by atoms with van der Waals surface area (Å²) in [7, 11) is 3.35. The van der Waals surface area contributed by atoms with E-state index in [1.807, 2.05) is 12.1 Å². The van der Waals surface area contributed by atoms with E-state index in [0.717, 1.165) is 11.1 Å². The minimum atomic E-state index is -0.315. The number of amides is 1. The van der Waals surface area contributed by atoms with E-state index in [2.05, 4.69) is 10.4 Å². The number of ether oxygens (including phenoxy) is 2. The maximum absolute atomic E-state index is 13.5. The molecule has 0 fully saturated rings. The van der Waals surface area contributed by atoms with Crippen molar-refractivity contribution in [2.24, 2.45) is 7.05 Å². The van der Waals surface area contributed by atoms with Gasteiger partial charge in [0.15, 0.2) is 11.5 Å². The molecule has 1 aliphatic heterocycles. The minimum Gasteiger partial charge on any atom is -0.493 e. The van der Waals surface area contributed by atoms with Gasteiger partial charge >= 0.3 is 0 Å². The third kappa shape index (κ3) is 3.31. The van der Waals surface area contributed by atoms with Crippen molar-refractivity contribution in [1.29, 1.82) is 0 Å². The maximum Gasteiger partial charge on any atom is 0.226 e. The van der Waals surface area contributed by atoms with E-state index in [-0.39, 0.29) is 30.7 Å². The molecule has 3 aromatic rings. The second-order valence-electron chi connectivity index (χ2n) is 6.67. The molecule has 1 amide bonds. The number of benzene rings is 2. The summed E-state index contributed by atoms with van der Waals surface area (Å²) in [6.45, 7) is 0.184. The van der Waals surface area contributed by atoms with E-state index < -0.39 is 0 Å². The zero-order valence-electron chi connectivity index (χ0n) is 15.6. The summed E-state index contributed by atoms with van der Waals surface area (Å²) < 4.78 is 26.7. The van der Waals surface area contributed by atoms with Crippen LogP contribution in [0.4, 0.5) is 10.2 Å². The van der Waals surface area contributed by atoms with Crippen molar-refractivity contribution in [3.05, 3.63) is 71.2 Å². The highest BCUT2D eigenvalue weighted by atomic mass is 19.1. The van der Waals surface area contributed by atoms with Crippen LogP contribution in [0.25, 0.3) is 0 Å². The third-order valence-corrected chi connectivity index (χ3v) is 4.87. The highest BCUT2D eigenvalue weighted by Crippen LogP contribution is 2.44. The maximum atomic E-state index is 13.5. The van der Waals surface area contributed by atoms with E-state index in [1.54, 1.807) is 43.2 Å². The molecule has 0 bridgehead atoms. The first-order valence-corrected chi connectivity index (χ1v) is 8.92. The smallest absolute Gasteiger partial charge is 0.226 e. The molecule has 0 aliphatic carbocycles. The van der Waals surface area contributed by atoms with Crippen molar-refractivity contribution >= 4 is 11.7 Å². The highest BCUT2D eigenvalue weighted by molar-refractivity contribution is 5.94. The van der Waals surface area contributed by atoms with E-state index in [0.29, 0.717) is 22.9 Å². The van der Waals surface area contributed by atoms with Gasteiger partial charge in [0.25, 0.3) is 0 Å². The van der Waals surface area contributed by atoms with Crippen LogP contribution < -0.4 is 14.8 Å². The van der Waals surface area contributed by atoms with Crippen LogP contribution in [-0.4, -0.2) is 22.8 Å². The molecule has 2 aromatic carbocycles. The standard InChI is InChI=1S/C21H20FN3O3/c1-25-21-17(11-23-25)16(10-19(26)24-21)15-7-4-8-18(27-2)20(15)28-12-13-5-3-6-14(22)9-13/h3-9,11,16H,10,12H2,1-2H3,(H,24,26). The Morgan fingerprint density at radius 3 is 2.86 bits per heavy atom. The number of nitrogens with zero attached hydrogens (tertiary/aromatic N) is 2. The molecular weight excluding hydrogens is 361 g/mol. The van der Waals surface area contributed by atoms with Gasteiger partial charge in [-0.2, -0.15) is 5.10 Å². The number of aryl methyl sites for hydroxylation is 1. The first-order chi connectivity index (χ1) is 13.6. The summed E-state index contributed by atoms with van der Waals surface area (Å²) in [5.41, 5.74) is 2.46. The van der Waals surface area contributed by atoms with Crippen LogP contribution in [0, 0.1) is 5.82 Å². The number of fused-ring (bicyclic) bond motifs is 1. The summed E-state index contributed by atoms with van der Waals surface area (Å²) in [5.74, 6) is 1.18. The predicted octanol–water partition coefficient (Wildman–Crippen LogP) is 3.62. The Labute approximate surface area is 161 Å². The molecule has 144 valence electrons. The summed E-state index contributed by atoms with van der Waals surface area (Å²) >= 11 is 0. The van der Waals surface area contributed by atoms with Crippen LogP contribution in [-0.2, 0) is 18.4 Å². The fourth-order valence-electron chi connectivity index (χ4n) is 3.52. The molecule has 6 nitrogen and oxygen atoms in total. The summed E-state index contributed by atoms with van der Waals surface area (Å²) in [6.07, 6.45) is 2.04. The monoisotopic (exact) mass is 381 g/mol. The number of hydrogen-bond acceptors (Lipinski definition) is 4. The number of halogens is 1. The largest absolute Gasteiger partial charge is 0.493 e. The van der Waals surface area contributed by atoms with Gasteiger partial charge in [0.1, 0.15) is 18.2 Å². The Morgan fingerprint density at radius 1 is 1.25 bits per heavy atom. The Kier molecular flexibility index (Phi) is 4.73. The number of carbonyl (C=O) groups excluding carboxylic acids is 1. The van der Waals surface area contributed by atoms with Crippen molar-refractivity contribution < 1.29 is 18.7 Å². The molecule has 1 aliphatic rings. The molecule has 0 saturated heterocycles. The van der Waals surface area contributed by atoms with Crippen molar-refractivity contribution in [3.8, 4) is 11.5 Å². The Hall–Kier alpha value is -3.35. The number of methoxy groups -OCH3 is 1. The van der Waals surface area contributed by atoms with Gasteiger partial charge in [-0.05, 0) is 23.8 Å². The minimum absolute atomic E-state index is 0.0833. The highest BCUT2D eigenvalue weighted by Gasteiger charge is 2.32. The topological polar surface area (TPSA) is 65.4 Å². The lowest BCUT2D eigenvalue weighted by Gasteiger charge is -2.26. The Morgan fingerprint density at radius 2 is 2.07 bits per heavy atom. The molecule has 1 atom stereocenters. The van der Waals surface area contributed by atoms with Gasteiger partial charge < -0.3 is 14.8 Å². The molecule has 1 unspecified atom stereocenters. The van der Waals surface area contributed by atoms with Crippen molar-refractivity contribution in [2.45, 2.75) is 18.9 Å². The molecule has 0 saturated carbocycles. The Balaban J connectivity index is 1.73. The lowest BCUT2D eigenvalue weighted by Crippen LogP contribution is -2.24. The summed E-state index contributed by atoms with van der Waals surface area (Å²) in [6, 6.07) is 11.9. The van der Waals surface area contributed by atoms with E-state index in [4.69, 9.17) is 9.47 Å². The van der Waals surface area contributed by atoms with Gasteiger partial charge in [-0.15, -0.1) is 0 Å². The summed E-state index contributed by atoms with van der Waals surface area (Å²) in [4.78, 5) is 12.3. The zero-order valence-corrected chi connectivity index (χ0v) is 15.6. The third-order valence-electron chi connectivity index (χ3n) is 4.87. The first-order valence-electron chi connectivity index (χ1n) is 8.92. The quantitative estimate of drug-likeness (QED) is 0.733. The lowest BCUT2D eigenvalue weighted by atomic mass is 9.86. The Bertz CT molecular complexity index is 1030. The normalized spacial score (nSPS) is 15.7. The number of nitrogens with one attached hydrogen (secondary N) is 1. The molecule has 0 spiro atoms. The van der Waals surface area contributed by atoms with E-state index in [1.165, 1.54) is 12.1 Å². The SMILES string of the molecule is COc1cccc(C2CC(=O)Nc3c2cnn3C)c1OCc1cccc(F)c1. The zero-order chi connectivity index (χ0) is 19.7. The molecule has 0 radical (unpaired) electrons. The van der Waals surface area contributed by atoms with Crippen molar-refractivity contribution in [2.75, 3.05) is 12.4 Å². The van der Waals surface area contributed by atoms with Gasteiger partial charge in [0.2, 0.25) is 5.91 Å². The number of para-hydroxylation sites is 1. The molecule has 2 heterocycles. The first kappa shape index (κ1) is 18.0. The second kappa shape index (κ2) is 7.34. The van der Waals surface area contributed by atoms with Gasteiger partial charge in [-0.3, -0.25) is 9.48 Å². The van der Waals surface area contributed by atoms with Crippen LogP contribution >= 0.6 is 0 Å². The molecule has 1 N–H and O–H groups in total. The fraction of sp³-hybridized carbons (Fsp3) is 0.238. The van der Waals surface area contributed by atoms with Crippen LogP contribution in [0.1, 0.15) is 29.0 Å². The van der Waals surface area contributed by atoms with Gasteiger partial charge in [0.05, 0.1) is 13.3 Å². The molecule has 7 heteroatoms. The van der Waals surface area contributed by atoms with E-state index >= 15 is 0 Å². The van der Waals surface area contributed by atoms with Crippen molar-refractivity contribution in [3.63, 3.8) is 0 Å². The molecule has 1 aromatic heterocycles. The molecule has 4 rings (SSSR count). The van der Waals surface area contributed by atoms with Gasteiger partial charge in [-0.1, -0.05) is 24.3 Å². The summed E-state index contributed by atoms with van der Waals surface area (Å²) in [5, 5.41) is 7.14.